The van der Waals surface area contributed by atoms with Gasteiger partial charge in [0.05, 0.1) is 17.9 Å². The number of imidazole rings is 1. The Bertz CT molecular complexity index is 334. The maximum atomic E-state index is 11.8. The fourth-order valence-corrected chi connectivity index (χ4v) is 1.83. The first-order chi connectivity index (χ1) is 7.72. The Labute approximate surface area is 101 Å². The van der Waals surface area contributed by atoms with Crippen molar-refractivity contribution in [1.29, 1.82) is 0 Å². The Morgan fingerprint density at radius 2 is 2.19 bits per heavy atom. The lowest BCUT2D eigenvalue weighted by atomic mass is 10.3. The second-order valence-electron chi connectivity index (χ2n) is 3.53. The molecule has 5 heteroatoms. The molecule has 0 spiro atoms. The SMILES string of the molecule is CCN(CC)C(=O)CCn1cncc1CCl. The molecule has 0 N–H and O–H groups in total. The third-order valence-corrected chi connectivity index (χ3v) is 2.89. The minimum absolute atomic E-state index is 0.180. The van der Waals surface area contributed by atoms with Gasteiger partial charge in [0.25, 0.3) is 0 Å². The van der Waals surface area contributed by atoms with Crippen LogP contribution < -0.4 is 0 Å². The molecule has 0 bridgehead atoms. The lowest BCUT2D eigenvalue weighted by molar-refractivity contribution is -0.131. The third-order valence-electron chi connectivity index (χ3n) is 2.62. The van der Waals surface area contributed by atoms with Crippen LogP contribution >= 0.6 is 11.6 Å². The van der Waals surface area contributed by atoms with Crippen LogP contribution in [0, 0.1) is 0 Å². The van der Waals surface area contributed by atoms with Crippen molar-refractivity contribution in [3.63, 3.8) is 0 Å². The highest BCUT2D eigenvalue weighted by Gasteiger charge is 2.10. The summed E-state index contributed by atoms with van der Waals surface area (Å²) in [6, 6.07) is 0. The van der Waals surface area contributed by atoms with Gasteiger partial charge in [-0.2, -0.15) is 0 Å². The van der Waals surface area contributed by atoms with Crippen molar-refractivity contribution in [2.75, 3.05) is 13.1 Å². The number of nitrogens with zero attached hydrogens (tertiary/aromatic N) is 3. The molecule has 0 aliphatic carbocycles. The van der Waals surface area contributed by atoms with Crippen LogP contribution in [0.4, 0.5) is 0 Å². The molecule has 0 unspecified atom stereocenters. The molecule has 0 radical (unpaired) electrons. The van der Waals surface area contributed by atoms with E-state index in [1.54, 1.807) is 12.5 Å². The van der Waals surface area contributed by atoms with E-state index in [1.807, 2.05) is 23.3 Å². The number of amides is 1. The van der Waals surface area contributed by atoms with E-state index in [0.717, 1.165) is 18.8 Å². The first-order valence-electron chi connectivity index (χ1n) is 5.55. The molecular formula is C11H18ClN3O. The van der Waals surface area contributed by atoms with Crippen molar-refractivity contribution in [3.05, 3.63) is 18.2 Å². The quantitative estimate of drug-likeness (QED) is 0.716. The fraction of sp³-hybridized carbons (Fsp3) is 0.636. The van der Waals surface area contributed by atoms with Crippen LogP contribution in [0.25, 0.3) is 0 Å². The van der Waals surface area contributed by atoms with Crippen LogP contribution in [0.2, 0.25) is 0 Å². The van der Waals surface area contributed by atoms with Gasteiger partial charge in [0.15, 0.2) is 0 Å². The Morgan fingerprint density at radius 3 is 2.75 bits per heavy atom. The molecule has 4 nitrogen and oxygen atoms in total. The maximum absolute atomic E-state index is 11.8. The van der Waals surface area contributed by atoms with Gasteiger partial charge in [0, 0.05) is 32.3 Å². The van der Waals surface area contributed by atoms with E-state index in [0.29, 0.717) is 18.8 Å². The highest BCUT2D eigenvalue weighted by molar-refractivity contribution is 6.16. The number of aryl methyl sites for hydroxylation is 1. The van der Waals surface area contributed by atoms with Crippen LogP contribution in [0.15, 0.2) is 12.5 Å². The van der Waals surface area contributed by atoms with Gasteiger partial charge in [-0.3, -0.25) is 4.79 Å². The summed E-state index contributed by atoms with van der Waals surface area (Å²) in [7, 11) is 0. The molecule has 0 saturated heterocycles. The number of alkyl halides is 1. The Balaban J connectivity index is 2.48. The maximum Gasteiger partial charge on any atom is 0.224 e. The van der Waals surface area contributed by atoms with Crippen molar-refractivity contribution in [2.45, 2.75) is 32.7 Å². The number of aromatic nitrogens is 2. The highest BCUT2D eigenvalue weighted by atomic mass is 35.5. The van der Waals surface area contributed by atoms with E-state index in [4.69, 9.17) is 11.6 Å². The summed E-state index contributed by atoms with van der Waals surface area (Å²) in [5.74, 6) is 0.610. The molecule has 90 valence electrons. The summed E-state index contributed by atoms with van der Waals surface area (Å²) < 4.78 is 1.92. The van der Waals surface area contributed by atoms with Crippen LogP contribution in [-0.4, -0.2) is 33.4 Å². The van der Waals surface area contributed by atoms with E-state index in [-0.39, 0.29) is 5.91 Å². The normalized spacial score (nSPS) is 10.4. The van der Waals surface area contributed by atoms with E-state index in [2.05, 4.69) is 4.98 Å². The average Bonchev–Trinajstić information content (AvgIpc) is 2.75. The van der Waals surface area contributed by atoms with Crippen molar-refractivity contribution >= 4 is 17.5 Å². The number of carbonyl (C=O) groups is 1. The molecule has 0 aromatic carbocycles. The number of hydrogen-bond donors (Lipinski definition) is 0. The Kier molecular flexibility index (Phi) is 5.32. The standard InChI is InChI=1S/C11H18ClN3O/c1-3-14(4-2)11(16)5-6-15-9-13-8-10(15)7-12/h8-9H,3-7H2,1-2H3. The molecule has 0 fully saturated rings. The number of rotatable bonds is 6. The minimum atomic E-state index is 0.180. The molecule has 0 saturated carbocycles. The largest absolute Gasteiger partial charge is 0.343 e. The smallest absolute Gasteiger partial charge is 0.224 e. The second-order valence-corrected chi connectivity index (χ2v) is 3.80. The molecule has 1 aromatic heterocycles. The zero-order chi connectivity index (χ0) is 12.0. The van der Waals surface area contributed by atoms with Gasteiger partial charge >= 0.3 is 0 Å². The molecule has 0 atom stereocenters. The topological polar surface area (TPSA) is 38.1 Å². The summed E-state index contributed by atoms with van der Waals surface area (Å²) in [5.41, 5.74) is 0.953. The van der Waals surface area contributed by atoms with Gasteiger partial charge in [0.1, 0.15) is 0 Å². The van der Waals surface area contributed by atoms with Crippen LogP contribution in [-0.2, 0) is 17.2 Å². The number of halogens is 1. The molecule has 0 aliphatic heterocycles. The van der Waals surface area contributed by atoms with Crippen molar-refractivity contribution < 1.29 is 4.79 Å². The first kappa shape index (κ1) is 13.0. The van der Waals surface area contributed by atoms with Crippen molar-refractivity contribution in [2.24, 2.45) is 0 Å². The summed E-state index contributed by atoms with van der Waals surface area (Å²) in [6.45, 7) is 6.16. The van der Waals surface area contributed by atoms with Crippen LogP contribution in [0.5, 0.6) is 0 Å². The third kappa shape index (κ3) is 3.23. The molecule has 0 aliphatic rings. The monoisotopic (exact) mass is 243 g/mol. The van der Waals surface area contributed by atoms with E-state index in [9.17, 15) is 4.79 Å². The van der Waals surface area contributed by atoms with Gasteiger partial charge in [0.2, 0.25) is 5.91 Å². The fourth-order valence-electron chi connectivity index (χ4n) is 1.61. The molecule has 1 heterocycles. The predicted octanol–water partition coefficient (Wildman–Crippen LogP) is 1.88. The Hall–Kier alpha value is -1.03. The van der Waals surface area contributed by atoms with Gasteiger partial charge in [-0.15, -0.1) is 11.6 Å². The number of carbonyl (C=O) groups excluding carboxylic acids is 1. The lowest BCUT2D eigenvalue weighted by Crippen LogP contribution is -2.31. The summed E-state index contributed by atoms with van der Waals surface area (Å²) >= 11 is 5.75. The predicted molar refractivity (Wildman–Crippen MR) is 64.3 cm³/mol. The van der Waals surface area contributed by atoms with Gasteiger partial charge in [-0.1, -0.05) is 0 Å². The minimum Gasteiger partial charge on any atom is -0.343 e. The Morgan fingerprint density at radius 1 is 1.50 bits per heavy atom. The lowest BCUT2D eigenvalue weighted by Gasteiger charge is -2.18. The molecule has 16 heavy (non-hydrogen) atoms. The second kappa shape index (κ2) is 6.53. The zero-order valence-electron chi connectivity index (χ0n) is 9.82. The first-order valence-corrected chi connectivity index (χ1v) is 6.09. The average molecular weight is 244 g/mol. The van der Waals surface area contributed by atoms with E-state index >= 15 is 0 Å². The van der Waals surface area contributed by atoms with Crippen molar-refractivity contribution in [1.82, 2.24) is 14.5 Å². The van der Waals surface area contributed by atoms with Gasteiger partial charge in [-0.25, -0.2) is 4.98 Å². The summed E-state index contributed by atoms with van der Waals surface area (Å²) in [6.07, 6.45) is 3.95. The number of hydrogen-bond acceptors (Lipinski definition) is 2. The van der Waals surface area contributed by atoms with Crippen LogP contribution in [0.1, 0.15) is 26.0 Å². The van der Waals surface area contributed by atoms with Crippen molar-refractivity contribution in [3.8, 4) is 0 Å². The zero-order valence-corrected chi connectivity index (χ0v) is 10.6. The molecule has 1 rings (SSSR count). The highest BCUT2D eigenvalue weighted by Crippen LogP contribution is 2.05. The van der Waals surface area contributed by atoms with Gasteiger partial charge < -0.3 is 9.47 Å². The van der Waals surface area contributed by atoms with E-state index in [1.165, 1.54) is 0 Å². The molecule has 1 amide bonds. The summed E-state index contributed by atoms with van der Waals surface area (Å²) in [5, 5.41) is 0. The summed E-state index contributed by atoms with van der Waals surface area (Å²) in [4.78, 5) is 17.6. The molecule has 1 aromatic rings. The molecular weight excluding hydrogens is 226 g/mol. The van der Waals surface area contributed by atoms with Crippen LogP contribution in [0.3, 0.4) is 0 Å². The van der Waals surface area contributed by atoms with Gasteiger partial charge in [-0.05, 0) is 13.8 Å². The van der Waals surface area contributed by atoms with E-state index < -0.39 is 0 Å².